The third-order valence-electron chi connectivity index (χ3n) is 11.7. The van der Waals surface area contributed by atoms with E-state index in [1.54, 1.807) is 21.1 Å². The van der Waals surface area contributed by atoms with Gasteiger partial charge in [-0.3, -0.25) is 0 Å². The quantitative estimate of drug-likeness (QED) is 0.245. The van der Waals surface area contributed by atoms with E-state index in [9.17, 15) is 0 Å². The molecule has 43 heavy (non-hydrogen) atoms. The third-order valence-corrected chi connectivity index (χ3v) is 56.5. The summed E-state index contributed by atoms with van der Waals surface area (Å²) in [6.45, 7) is 15.1. The Hall–Kier alpha value is -1.49. The van der Waals surface area contributed by atoms with Crippen LogP contribution in [-0.2, 0) is 17.8 Å². The topological polar surface area (TPSA) is 12.0 Å². The van der Waals surface area contributed by atoms with Gasteiger partial charge in [-0.25, -0.2) is 0 Å². The van der Waals surface area contributed by atoms with Gasteiger partial charge in [0, 0.05) is 0 Å². The number of hydrogen-bond donors (Lipinski definition) is 1. The van der Waals surface area contributed by atoms with Crippen molar-refractivity contribution < 1.29 is 17.8 Å². The molecule has 0 aromatic heterocycles. The van der Waals surface area contributed by atoms with Gasteiger partial charge in [-0.1, -0.05) is 60.7 Å². The monoisotopic (exact) mass is 801 g/mol. The van der Waals surface area contributed by atoms with Crippen LogP contribution >= 0.6 is 0 Å². The van der Waals surface area contributed by atoms with E-state index in [4.69, 9.17) is 3.30 Å². The Morgan fingerprint density at radius 3 is 1.60 bits per heavy atom. The summed E-state index contributed by atoms with van der Waals surface area (Å²) in [6, 6.07) is 32.5. The van der Waals surface area contributed by atoms with Crippen molar-refractivity contribution in [3.8, 4) is 11.1 Å². The summed E-state index contributed by atoms with van der Waals surface area (Å²) in [7, 11) is 0. The van der Waals surface area contributed by atoms with E-state index >= 15 is 0 Å². The first-order valence-electron chi connectivity index (χ1n) is 16.8. The smallest absolute Gasteiger partial charge is 0.0184 e. The molecule has 5 aliphatic rings. The standard InChI is InChI=1S/C12H20N.C12H10.C9H13.C6H7Ge.CH3.Hf/c1-10-3-9-4-11(2,6-10)8-12(13,5-9)7-10;1-3-7-11(8-4-1)12-9-5-2-6-10-12;1-6-5-7(2)9(4)8(6)3;7-6-4-2-1-3-5-6;;/h9,13H,3-8H2,1-2H3;1-10H;6H,1-4H3;1-5H,7H2;1H3;/q-1;;;;;+1. The first-order valence-corrected chi connectivity index (χ1v) is 40.1. The summed E-state index contributed by atoms with van der Waals surface area (Å²) in [4.78, 5) is 0. The van der Waals surface area contributed by atoms with Crippen molar-refractivity contribution in [1.29, 1.82) is 0 Å². The van der Waals surface area contributed by atoms with Gasteiger partial charge in [0.25, 0.3) is 0 Å². The van der Waals surface area contributed by atoms with Gasteiger partial charge in [-0.15, -0.1) is 0 Å². The Labute approximate surface area is 270 Å². The predicted molar refractivity (Wildman–Crippen MR) is 186 cm³/mol. The molecule has 3 heteroatoms. The van der Waals surface area contributed by atoms with Crippen molar-refractivity contribution in [1.82, 2.24) is 3.30 Å². The normalized spacial score (nSPS) is 32.7. The molecule has 1 nitrogen and oxygen atoms in total. The van der Waals surface area contributed by atoms with Crippen molar-refractivity contribution in [2.45, 2.75) is 90.3 Å². The Morgan fingerprint density at radius 2 is 1.16 bits per heavy atom. The minimum absolute atomic E-state index is 0.441. The molecule has 0 spiro atoms. The van der Waals surface area contributed by atoms with Crippen molar-refractivity contribution >= 4 is 16.1 Å². The van der Waals surface area contributed by atoms with E-state index in [1.165, 1.54) is 49.7 Å². The van der Waals surface area contributed by atoms with Crippen molar-refractivity contribution in [3.05, 3.63) is 111 Å². The van der Waals surface area contributed by atoms with E-state index in [2.05, 4.69) is 125 Å². The predicted octanol–water partition coefficient (Wildman–Crippen LogP) is 9.47. The van der Waals surface area contributed by atoms with E-state index in [0.29, 0.717) is 22.3 Å². The van der Waals surface area contributed by atoms with Crippen molar-refractivity contribution in [2.75, 3.05) is 0 Å². The van der Waals surface area contributed by atoms with E-state index in [-0.39, 0.29) is 0 Å². The van der Waals surface area contributed by atoms with Gasteiger partial charge in [0.05, 0.1) is 0 Å². The molecule has 4 saturated carbocycles. The molecule has 8 rings (SSSR count). The Kier molecular flexibility index (Phi) is 8.81. The Bertz CT molecular complexity index is 1450. The summed E-state index contributed by atoms with van der Waals surface area (Å²) < 4.78 is 11.3. The van der Waals surface area contributed by atoms with Crippen LogP contribution in [-0.4, -0.2) is 17.3 Å². The second-order valence-electron chi connectivity index (χ2n) is 15.8. The zero-order valence-electron chi connectivity index (χ0n) is 27.8. The number of nitrogens with one attached hydrogen (secondary N) is 1. The van der Waals surface area contributed by atoms with E-state index in [0.717, 1.165) is 5.92 Å². The van der Waals surface area contributed by atoms with Gasteiger partial charge < -0.3 is 0 Å². The molecule has 5 aliphatic carbocycles. The average Bonchev–Trinajstić information content (AvgIpc) is 3.15. The molecule has 4 atom stereocenters. The first kappa shape index (κ1) is 31.5. The zero-order chi connectivity index (χ0) is 30.5. The Morgan fingerprint density at radius 1 is 0.674 bits per heavy atom. The molecule has 4 bridgehead atoms. The number of hydrogen-bond acceptors (Lipinski definition) is 1. The van der Waals surface area contributed by atoms with Crippen LogP contribution < -0.4 is 7.70 Å². The maximum absolute atomic E-state index is 4.80. The molecule has 0 aliphatic heterocycles. The fourth-order valence-electron chi connectivity index (χ4n) is 10.9. The second kappa shape index (κ2) is 12.0. The molecule has 4 fully saturated rings. The number of allylic oxidation sites excluding steroid dienone is 4. The van der Waals surface area contributed by atoms with Gasteiger partial charge >= 0.3 is 201 Å². The average molecular weight is 799 g/mol. The second-order valence-corrected chi connectivity index (χ2v) is 61.6. The zero-order valence-corrected chi connectivity index (χ0v) is 34.3. The van der Waals surface area contributed by atoms with Crippen LogP contribution in [0, 0.1) is 22.7 Å². The fraction of sp³-hybridized carbons (Fsp3) is 0.450. The van der Waals surface area contributed by atoms with E-state index in [1.807, 2.05) is 15.5 Å². The number of benzene rings is 3. The van der Waals surface area contributed by atoms with Gasteiger partial charge in [-0.05, 0) is 11.1 Å². The molecule has 0 heterocycles. The molecule has 3 aromatic carbocycles. The maximum Gasteiger partial charge on any atom is -0.0184 e. The SMILES string of the molecule is CC1=C(C)C(C)[C]([Hf]([CH3])([NH]C23CC4CC(C)(CC(C)(C4)C2)C3)[GeH2][c]2ccccc2)=C1C.c1ccc(-c2ccccc2)cc1. The molecule has 4 unspecified atom stereocenters. The van der Waals surface area contributed by atoms with Crippen LogP contribution in [0.4, 0.5) is 0 Å². The van der Waals surface area contributed by atoms with Gasteiger partial charge in [-0.2, -0.15) is 0 Å². The summed E-state index contributed by atoms with van der Waals surface area (Å²) in [5.74, 6) is 1.65. The largest absolute Gasteiger partial charge is 0.0622 e. The summed E-state index contributed by atoms with van der Waals surface area (Å²) in [5, 5.41) is 0. The summed E-state index contributed by atoms with van der Waals surface area (Å²) in [5.41, 5.74) is 9.11. The molecule has 226 valence electrons. The summed E-state index contributed by atoms with van der Waals surface area (Å²) >= 11 is -3.79. The van der Waals surface area contributed by atoms with Crippen LogP contribution in [0.3, 0.4) is 0 Å². The van der Waals surface area contributed by atoms with Gasteiger partial charge in [0.15, 0.2) is 0 Å². The van der Waals surface area contributed by atoms with Crippen LogP contribution in [0.5, 0.6) is 0 Å². The van der Waals surface area contributed by atoms with Gasteiger partial charge in [0.2, 0.25) is 0 Å². The first-order chi connectivity index (χ1) is 20.4. The summed E-state index contributed by atoms with van der Waals surface area (Å²) in [6.07, 6.45) is 8.84. The van der Waals surface area contributed by atoms with Crippen LogP contribution in [0.25, 0.3) is 11.1 Å². The number of rotatable bonds is 6. The third kappa shape index (κ3) is 6.45. The molecule has 0 radical (unpaired) electrons. The van der Waals surface area contributed by atoms with Crippen LogP contribution in [0.1, 0.15) is 80.1 Å². The molecule has 3 aromatic rings. The minimum Gasteiger partial charge on any atom is -0.0622 e. The van der Waals surface area contributed by atoms with E-state index < -0.39 is 29.5 Å². The molecule has 0 saturated heterocycles. The maximum atomic E-state index is 4.80. The van der Waals surface area contributed by atoms with Crippen molar-refractivity contribution in [3.63, 3.8) is 0 Å². The molecule has 1 N–H and O–H groups in total. The molecular formula is C40H53GeHfN. The van der Waals surface area contributed by atoms with Crippen LogP contribution in [0.2, 0.25) is 4.68 Å². The molecule has 0 amide bonds. The van der Waals surface area contributed by atoms with Gasteiger partial charge in [0.1, 0.15) is 0 Å². The molecular weight excluding hydrogens is 746 g/mol. The minimum atomic E-state index is -2.89. The fourth-order valence-corrected chi connectivity index (χ4v) is 68.9. The Balaban J connectivity index is 0.000000229. The van der Waals surface area contributed by atoms with Crippen LogP contribution in [0.15, 0.2) is 111 Å². The van der Waals surface area contributed by atoms with Crippen molar-refractivity contribution in [2.24, 2.45) is 22.7 Å².